The minimum absolute atomic E-state index is 0.129. The Kier molecular flexibility index (Phi) is 9.43. The lowest BCUT2D eigenvalue weighted by Gasteiger charge is -2.21. The molecule has 9 nitrogen and oxygen atoms in total. The Hall–Kier alpha value is -3.34. The van der Waals surface area contributed by atoms with E-state index in [2.05, 4.69) is 32.4 Å². The van der Waals surface area contributed by atoms with Crippen LogP contribution in [0.25, 0.3) is 33.5 Å². The summed E-state index contributed by atoms with van der Waals surface area (Å²) in [5.74, 6) is 1.01. The molecule has 0 spiro atoms. The molecule has 0 saturated carbocycles. The molecule has 4 aromatic heterocycles. The Bertz CT molecular complexity index is 1390. The van der Waals surface area contributed by atoms with Crippen LogP contribution in [0, 0.1) is 0 Å². The third kappa shape index (κ3) is 6.03. The van der Waals surface area contributed by atoms with Gasteiger partial charge in [-0.05, 0) is 59.1 Å². The van der Waals surface area contributed by atoms with E-state index in [-0.39, 0.29) is 12.6 Å². The van der Waals surface area contributed by atoms with Gasteiger partial charge in [-0.15, -0.1) is 0 Å². The Morgan fingerprint density at radius 3 is 2.50 bits per heavy atom. The molecule has 4 aromatic rings. The van der Waals surface area contributed by atoms with Gasteiger partial charge < -0.3 is 18.8 Å². The number of rotatable bonds is 12. The van der Waals surface area contributed by atoms with Gasteiger partial charge in [-0.25, -0.2) is 4.98 Å². The maximum atomic E-state index is 12.5. The summed E-state index contributed by atoms with van der Waals surface area (Å²) in [6.07, 6.45) is 6.92. The molecule has 0 aliphatic heterocycles. The Morgan fingerprint density at radius 1 is 1.03 bits per heavy atom. The number of fused-ring (bicyclic) bond motifs is 1. The predicted molar refractivity (Wildman–Crippen MR) is 151 cm³/mol. The highest BCUT2D eigenvalue weighted by Gasteiger charge is 2.24. The molecule has 200 valence electrons. The first-order valence-electron chi connectivity index (χ1n) is 12.6. The van der Waals surface area contributed by atoms with E-state index in [4.69, 9.17) is 24.2 Å². The number of hydrogen-bond acceptors (Lipinski definition) is 7. The van der Waals surface area contributed by atoms with Crippen LogP contribution in [0.15, 0.2) is 53.4 Å². The first kappa shape index (κ1) is 27.7. The van der Waals surface area contributed by atoms with Crippen molar-refractivity contribution < 1.29 is 19.0 Å². The average molecular weight is 582 g/mol. The van der Waals surface area contributed by atoms with Gasteiger partial charge in [0.1, 0.15) is 25.0 Å². The minimum Gasteiger partial charge on any atom is -0.495 e. The Labute approximate surface area is 230 Å². The topological polar surface area (TPSA) is 91.6 Å². The maximum absolute atomic E-state index is 12.5. The molecular weight excluding hydrogens is 550 g/mol. The number of pyridine rings is 3. The summed E-state index contributed by atoms with van der Waals surface area (Å²) < 4.78 is 20.0. The molecule has 1 amide bonds. The molecule has 0 bridgehead atoms. The van der Waals surface area contributed by atoms with E-state index < -0.39 is 0 Å². The van der Waals surface area contributed by atoms with E-state index in [1.807, 2.05) is 37.3 Å². The molecule has 0 saturated heterocycles. The number of carbonyl (C=O) groups excluding carboxylic acids is 1. The molecule has 0 fully saturated rings. The van der Waals surface area contributed by atoms with E-state index in [0.29, 0.717) is 31.5 Å². The molecule has 0 atom stereocenters. The van der Waals surface area contributed by atoms with Crippen LogP contribution in [0.3, 0.4) is 0 Å². The molecule has 0 N–H and O–H groups in total. The van der Waals surface area contributed by atoms with Gasteiger partial charge in [0, 0.05) is 42.6 Å². The SMILES string of the molecule is CCCOCN(C(C)=O)c1cc(-c2c(-c3ccc(OC)cn3)c3ncc(Br)cc3n2COCCC)ccn1. The van der Waals surface area contributed by atoms with Crippen LogP contribution >= 0.6 is 15.9 Å². The van der Waals surface area contributed by atoms with Crippen molar-refractivity contribution in [3.63, 3.8) is 0 Å². The van der Waals surface area contributed by atoms with Crippen molar-refractivity contribution in [1.29, 1.82) is 0 Å². The van der Waals surface area contributed by atoms with Crippen molar-refractivity contribution in [1.82, 2.24) is 19.5 Å². The van der Waals surface area contributed by atoms with Crippen LogP contribution in [0.4, 0.5) is 5.82 Å². The van der Waals surface area contributed by atoms with Gasteiger partial charge >= 0.3 is 0 Å². The quantitative estimate of drug-likeness (QED) is 0.148. The lowest BCUT2D eigenvalue weighted by Crippen LogP contribution is -2.31. The highest BCUT2D eigenvalue weighted by molar-refractivity contribution is 9.10. The standard InChI is InChI=1S/C28H32BrN5O4/c1-5-11-37-17-33(19(3)35)25-13-20(9-10-30-25)28-26(23-8-7-22(36-4)16-31-23)27-24(14-21(29)15-32-27)34(28)18-38-12-6-2/h7-10,13-16H,5-6,11-12,17-18H2,1-4H3. The number of carbonyl (C=O) groups is 1. The number of ether oxygens (including phenoxy) is 3. The van der Waals surface area contributed by atoms with E-state index in [1.54, 1.807) is 25.7 Å². The van der Waals surface area contributed by atoms with Crippen LogP contribution < -0.4 is 9.64 Å². The van der Waals surface area contributed by atoms with Crippen molar-refractivity contribution in [3.05, 3.63) is 53.4 Å². The van der Waals surface area contributed by atoms with Gasteiger partial charge in [0.15, 0.2) is 0 Å². The fourth-order valence-electron chi connectivity index (χ4n) is 4.15. The number of hydrogen-bond donors (Lipinski definition) is 0. The van der Waals surface area contributed by atoms with Gasteiger partial charge in [0.05, 0.1) is 41.3 Å². The fourth-order valence-corrected chi connectivity index (χ4v) is 4.47. The first-order valence-corrected chi connectivity index (χ1v) is 13.4. The lowest BCUT2D eigenvalue weighted by atomic mass is 10.0. The summed E-state index contributed by atoms with van der Waals surface area (Å²) in [6.45, 7) is 7.23. The zero-order chi connectivity index (χ0) is 27.1. The highest BCUT2D eigenvalue weighted by atomic mass is 79.9. The second-order valence-electron chi connectivity index (χ2n) is 8.68. The molecule has 0 radical (unpaired) electrons. The zero-order valence-corrected chi connectivity index (χ0v) is 23.7. The fraction of sp³-hybridized carbons (Fsp3) is 0.357. The maximum Gasteiger partial charge on any atom is 0.226 e. The van der Waals surface area contributed by atoms with Crippen molar-refractivity contribution in [2.24, 2.45) is 0 Å². The molecule has 0 unspecified atom stereocenters. The number of aromatic nitrogens is 4. The Balaban J connectivity index is 1.94. The van der Waals surface area contributed by atoms with Crippen molar-refractivity contribution >= 4 is 38.7 Å². The second-order valence-corrected chi connectivity index (χ2v) is 9.60. The van der Waals surface area contributed by atoms with Crippen molar-refractivity contribution in [2.45, 2.75) is 40.3 Å². The van der Waals surface area contributed by atoms with Crippen LogP contribution in [0.5, 0.6) is 5.75 Å². The summed E-state index contributed by atoms with van der Waals surface area (Å²) in [5, 5.41) is 0. The first-order chi connectivity index (χ1) is 18.5. The predicted octanol–water partition coefficient (Wildman–Crippen LogP) is 6.05. The summed E-state index contributed by atoms with van der Waals surface area (Å²) in [5.41, 5.74) is 4.98. The van der Waals surface area contributed by atoms with Gasteiger partial charge in [-0.2, -0.15) is 0 Å². The molecule has 38 heavy (non-hydrogen) atoms. The molecule has 10 heteroatoms. The van der Waals surface area contributed by atoms with Gasteiger partial charge in [-0.1, -0.05) is 13.8 Å². The van der Waals surface area contributed by atoms with Gasteiger partial charge in [0.25, 0.3) is 0 Å². The van der Waals surface area contributed by atoms with Crippen molar-refractivity contribution in [2.75, 3.05) is 32.0 Å². The normalized spacial score (nSPS) is 11.2. The zero-order valence-electron chi connectivity index (χ0n) is 22.1. The highest BCUT2D eigenvalue weighted by Crippen LogP contribution is 2.41. The number of halogens is 1. The molecule has 4 rings (SSSR count). The van der Waals surface area contributed by atoms with E-state index in [0.717, 1.165) is 50.9 Å². The number of amides is 1. The lowest BCUT2D eigenvalue weighted by molar-refractivity contribution is -0.117. The Morgan fingerprint density at radius 2 is 1.82 bits per heavy atom. The van der Waals surface area contributed by atoms with Gasteiger partial charge in [-0.3, -0.25) is 19.7 Å². The second kappa shape index (κ2) is 12.9. The molecule has 0 aromatic carbocycles. The largest absolute Gasteiger partial charge is 0.495 e. The van der Waals surface area contributed by atoms with Gasteiger partial charge in [0.2, 0.25) is 5.91 Å². The molecule has 0 aliphatic carbocycles. The monoisotopic (exact) mass is 581 g/mol. The third-order valence-electron chi connectivity index (χ3n) is 5.91. The molecular formula is C28H32BrN5O4. The van der Waals surface area contributed by atoms with Crippen LogP contribution in [0.1, 0.15) is 33.6 Å². The van der Waals surface area contributed by atoms with E-state index >= 15 is 0 Å². The third-order valence-corrected chi connectivity index (χ3v) is 6.34. The van der Waals surface area contributed by atoms with Crippen LogP contribution in [-0.4, -0.2) is 52.5 Å². The van der Waals surface area contributed by atoms with Crippen LogP contribution in [-0.2, 0) is 21.0 Å². The number of anilines is 1. The molecule has 4 heterocycles. The summed E-state index contributed by atoms with van der Waals surface area (Å²) in [6, 6.07) is 9.63. The minimum atomic E-state index is -0.153. The molecule has 0 aliphatic rings. The van der Waals surface area contributed by atoms with E-state index in [9.17, 15) is 4.79 Å². The number of nitrogens with zero attached hydrogens (tertiary/aromatic N) is 5. The summed E-state index contributed by atoms with van der Waals surface area (Å²) in [4.78, 5) is 28.0. The van der Waals surface area contributed by atoms with Crippen LogP contribution in [0.2, 0.25) is 0 Å². The van der Waals surface area contributed by atoms with E-state index in [1.165, 1.54) is 11.8 Å². The number of methoxy groups -OCH3 is 1. The van der Waals surface area contributed by atoms with Crippen molar-refractivity contribution in [3.8, 4) is 28.3 Å². The average Bonchev–Trinajstić information content (AvgIpc) is 3.24. The summed E-state index contributed by atoms with van der Waals surface area (Å²) in [7, 11) is 1.61. The summed E-state index contributed by atoms with van der Waals surface area (Å²) >= 11 is 3.57. The smallest absolute Gasteiger partial charge is 0.226 e.